The SMILES string of the molecule is CCCN(C)C(=O)NC(C)(C)c1ccccc1Cl. The van der Waals surface area contributed by atoms with Gasteiger partial charge in [0.25, 0.3) is 0 Å². The lowest BCUT2D eigenvalue weighted by Crippen LogP contribution is -2.47. The van der Waals surface area contributed by atoms with Crippen LogP contribution in [0.1, 0.15) is 32.8 Å². The fourth-order valence-electron chi connectivity index (χ4n) is 1.84. The maximum atomic E-state index is 12.0. The van der Waals surface area contributed by atoms with Crippen LogP contribution in [0, 0.1) is 0 Å². The van der Waals surface area contributed by atoms with Gasteiger partial charge in [0.2, 0.25) is 0 Å². The van der Waals surface area contributed by atoms with E-state index in [-0.39, 0.29) is 6.03 Å². The summed E-state index contributed by atoms with van der Waals surface area (Å²) >= 11 is 6.17. The van der Waals surface area contributed by atoms with Crippen LogP contribution in [0.5, 0.6) is 0 Å². The minimum atomic E-state index is -0.489. The van der Waals surface area contributed by atoms with Crippen LogP contribution in [-0.2, 0) is 5.54 Å². The number of urea groups is 1. The van der Waals surface area contributed by atoms with Crippen molar-refractivity contribution in [2.45, 2.75) is 32.7 Å². The summed E-state index contributed by atoms with van der Waals surface area (Å²) in [5, 5.41) is 3.67. The molecule has 0 radical (unpaired) electrons. The first kappa shape index (κ1) is 14.8. The molecule has 0 saturated heterocycles. The Balaban J connectivity index is 2.82. The van der Waals surface area contributed by atoms with Crippen LogP contribution in [-0.4, -0.2) is 24.5 Å². The normalized spacial score (nSPS) is 11.2. The number of rotatable bonds is 4. The molecule has 0 aliphatic heterocycles. The summed E-state index contributed by atoms with van der Waals surface area (Å²) in [5.74, 6) is 0. The largest absolute Gasteiger partial charge is 0.329 e. The average molecular weight is 269 g/mol. The van der Waals surface area contributed by atoms with E-state index >= 15 is 0 Å². The highest BCUT2D eigenvalue weighted by atomic mass is 35.5. The van der Waals surface area contributed by atoms with Crippen LogP contribution in [0.2, 0.25) is 5.02 Å². The summed E-state index contributed by atoms with van der Waals surface area (Å²) in [5.41, 5.74) is 0.433. The van der Waals surface area contributed by atoms with E-state index in [2.05, 4.69) is 5.32 Å². The third kappa shape index (κ3) is 3.64. The lowest BCUT2D eigenvalue weighted by molar-refractivity contribution is 0.197. The van der Waals surface area contributed by atoms with Crippen molar-refractivity contribution >= 4 is 17.6 Å². The number of nitrogens with zero attached hydrogens (tertiary/aromatic N) is 1. The van der Waals surface area contributed by atoms with Gasteiger partial charge in [-0.3, -0.25) is 0 Å². The lowest BCUT2D eigenvalue weighted by Gasteiger charge is -2.30. The molecule has 1 aromatic carbocycles. The molecular weight excluding hydrogens is 248 g/mol. The Labute approximate surface area is 114 Å². The first-order valence-electron chi connectivity index (χ1n) is 6.16. The summed E-state index contributed by atoms with van der Waals surface area (Å²) in [7, 11) is 1.79. The molecule has 0 saturated carbocycles. The number of halogens is 1. The van der Waals surface area contributed by atoms with E-state index in [1.165, 1.54) is 0 Å². The quantitative estimate of drug-likeness (QED) is 0.889. The van der Waals surface area contributed by atoms with Gasteiger partial charge in [-0.05, 0) is 31.9 Å². The Hall–Kier alpha value is -1.22. The topological polar surface area (TPSA) is 32.3 Å². The molecule has 4 heteroatoms. The predicted molar refractivity (Wildman–Crippen MR) is 75.9 cm³/mol. The van der Waals surface area contributed by atoms with Gasteiger partial charge >= 0.3 is 6.03 Å². The zero-order valence-electron chi connectivity index (χ0n) is 11.5. The number of benzene rings is 1. The molecule has 0 unspecified atom stereocenters. The minimum Gasteiger partial charge on any atom is -0.329 e. The second-order valence-electron chi connectivity index (χ2n) is 4.96. The van der Waals surface area contributed by atoms with E-state index in [1.54, 1.807) is 11.9 Å². The maximum Gasteiger partial charge on any atom is 0.317 e. The second-order valence-corrected chi connectivity index (χ2v) is 5.36. The van der Waals surface area contributed by atoms with Gasteiger partial charge in [0, 0.05) is 18.6 Å². The fraction of sp³-hybridized carbons (Fsp3) is 0.500. The third-order valence-electron chi connectivity index (χ3n) is 2.87. The van der Waals surface area contributed by atoms with E-state index < -0.39 is 5.54 Å². The van der Waals surface area contributed by atoms with Crippen molar-refractivity contribution in [2.75, 3.05) is 13.6 Å². The molecular formula is C14H21ClN2O. The summed E-state index contributed by atoms with van der Waals surface area (Å²) in [4.78, 5) is 13.7. The van der Waals surface area contributed by atoms with Crippen molar-refractivity contribution in [2.24, 2.45) is 0 Å². The minimum absolute atomic E-state index is 0.0817. The Morgan fingerprint density at radius 2 is 2.00 bits per heavy atom. The highest BCUT2D eigenvalue weighted by Gasteiger charge is 2.26. The summed E-state index contributed by atoms with van der Waals surface area (Å²) < 4.78 is 0. The molecule has 0 spiro atoms. The van der Waals surface area contributed by atoms with Crippen LogP contribution in [0.25, 0.3) is 0 Å². The van der Waals surface area contributed by atoms with Crippen LogP contribution >= 0.6 is 11.6 Å². The predicted octanol–water partition coefficient (Wildman–Crippen LogP) is 3.63. The summed E-state index contributed by atoms with van der Waals surface area (Å²) in [6.07, 6.45) is 0.941. The molecule has 1 aromatic rings. The monoisotopic (exact) mass is 268 g/mol. The highest BCUT2D eigenvalue weighted by molar-refractivity contribution is 6.31. The molecule has 100 valence electrons. The smallest absolute Gasteiger partial charge is 0.317 e. The fourth-order valence-corrected chi connectivity index (χ4v) is 2.21. The Morgan fingerprint density at radius 1 is 1.39 bits per heavy atom. The number of hydrogen-bond donors (Lipinski definition) is 1. The number of amides is 2. The second kappa shape index (κ2) is 6.10. The molecule has 0 bridgehead atoms. The van der Waals surface area contributed by atoms with Crippen molar-refractivity contribution in [1.82, 2.24) is 10.2 Å². The molecule has 0 atom stereocenters. The zero-order chi connectivity index (χ0) is 13.8. The Bertz CT molecular complexity index is 418. The number of nitrogens with one attached hydrogen (secondary N) is 1. The van der Waals surface area contributed by atoms with E-state index in [1.807, 2.05) is 45.0 Å². The zero-order valence-corrected chi connectivity index (χ0v) is 12.2. The molecule has 2 amide bonds. The molecule has 0 aromatic heterocycles. The highest BCUT2D eigenvalue weighted by Crippen LogP contribution is 2.27. The number of carbonyl (C=O) groups is 1. The number of hydrogen-bond acceptors (Lipinski definition) is 1. The lowest BCUT2D eigenvalue weighted by atomic mass is 9.94. The average Bonchev–Trinajstić information content (AvgIpc) is 2.29. The van der Waals surface area contributed by atoms with Crippen LogP contribution in [0.15, 0.2) is 24.3 Å². The molecule has 0 heterocycles. The van der Waals surface area contributed by atoms with Gasteiger partial charge in [0.1, 0.15) is 0 Å². The molecule has 0 aliphatic rings. The Kier molecular flexibility index (Phi) is 5.03. The van der Waals surface area contributed by atoms with Crippen molar-refractivity contribution < 1.29 is 4.79 Å². The van der Waals surface area contributed by atoms with Gasteiger partial charge in [0.15, 0.2) is 0 Å². The van der Waals surface area contributed by atoms with Gasteiger partial charge in [-0.15, -0.1) is 0 Å². The van der Waals surface area contributed by atoms with Crippen LogP contribution in [0.3, 0.4) is 0 Å². The van der Waals surface area contributed by atoms with E-state index in [0.29, 0.717) is 5.02 Å². The molecule has 3 nitrogen and oxygen atoms in total. The van der Waals surface area contributed by atoms with Gasteiger partial charge < -0.3 is 10.2 Å². The van der Waals surface area contributed by atoms with Gasteiger partial charge in [-0.25, -0.2) is 4.79 Å². The maximum absolute atomic E-state index is 12.0. The van der Waals surface area contributed by atoms with Gasteiger partial charge in [0.05, 0.1) is 5.54 Å². The van der Waals surface area contributed by atoms with Crippen LogP contribution in [0.4, 0.5) is 4.79 Å². The molecule has 1 N–H and O–H groups in total. The molecule has 0 fully saturated rings. The van der Waals surface area contributed by atoms with Crippen molar-refractivity contribution in [3.05, 3.63) is 34.9 Å². The Morgan fingerprint density at radius 3 is 2.56 bits per heavy atom. The standard InChI is InChI=1S/C14H21ClN2O/c1-5-10-17(4)13(18)16-14(2,3)11-8-6-7-9-12(11)15/h6-9H,5,10H2,1-4H3,(H,16,18). The first-order valence-corrected chi connectivity index (χ1v) is 6.54. The molecule has 18 heavy (non-hydrogen) atoms. The number of carbonyl (C=O) groups excluding carboxylic acids is 1. The van der Waals surface area contributed by atoms with E-state index in [9.17, 15) is 4.79 Å². The summed E-state index contributed by atoms with van der Waals surface area (Å²) in [6, 6.07) is 7.49. The van der Waals surface area contributed by atoms with E-state index in [0.717, 1.165) is 18.5 Å². The molecule has 0 aliphatic carbocycles. The van der Waals surface area contributed by atoms with Crippen molar-refractivity contribution in [1.29, 1.82) is 0 Å². The van der Waals surface area contributed by atoms with Crippen LogP contribution < -0.4 is 5.32 Å². The van der Waals surface area contributed by atoms with Gasteiger partial charge in [-0.2, -0.15) is 0 Å². The van der Waals surface area contributed by atoms with Crippen molar-refractivity contribution in [3.63, 3.8) is 0 Å². The van der Waals surface area contributed by atoms with Crippen molar-refractivity contribution in [3.8, 4) is 0 Å². The third-order valence-corrected chi connectivity index (χ3v) is 3.20. The van der Waals surface area contributed by atoms with Gasteiger partial charge in [-0.1, -0.05) is 36.7 Å². The summed E-state index contributed by atoms with van der Waals surface area (Å²) in [6.45, 7) is 6.69. The first-order chi connectivity index (χ1) is 8.38. The van der Waals surface area contributed by atoms with E-state index in [4.69, 9.17) is 11.6 Å². The molecule has 1 rings (SSSR count).